The Labute approximate surface area is 89.7 Å². The minimum Gasteiger partial charge on any atom is -0.465 e. The van der Waals surface area contributed by atoms with Gasteiger partial charge in [-0.1, -0.05) is 13.0 Å². The van der Waals surface area contributed by atoms with Crippen molar-refractivity contribution in [3.63, 3.8) is 0 Å². The highest BCUT2D eigenvalue weighted by molar-refractivity contribution is 5.89. The number of methoxy groups -OCH3 is 1. The molecule has 1 N–H and O–H groups in total. The van der Waals surface area contributed by atoms with Crippen molar-refractivity contribution in [2.75, 3.05) is 7.11 Å². The van der Waals surface area contributed by atoms with Crippen LogP contribution in [0.5, 0.6) is 0 Å². The minimum atomic E-state index is -0.519. The molecule has 15 heavy (non-hydrogen) atoms. The molecule has 0 saturated heterocycles. The van der Waals surface area contributed by atoms with Crippen molar-refractivity contribution in [1.82, 2.24) is 0 Å². The van der Waals surface area contributed by atoms with Gasteiger partial charge in [0.15, 0.2) is 0 Å². The summed E-state index contributed by atoms with van der Waals surface area (Å²) >= 11 is 0. The lowest BCUT2D eigenvalue weighted by molar-refractivity contribution is 0.0600. The van der Waals surface area contributed by atoms with Gasteiger partial charge in [-0.05, 0) is 36.6 Å². The lowest BCUT2D eigenvalue weighted by Gasteiger charge is -2.12. The molecule has 0 spiro atoms. The molecule has 0 fully saturated rings. The van der Waals surface area contributed by atoms with Gasteiger partial charge in [-0.3, -0.25) is 0 Å². The first-order valence-electron chi connectivity index (χ1n) is 4.97. The number of esters is 1. The van der Waals surface area contributed by atoms with Gasteiger partial charge in [0.1, 0.15) is 0 Å². The summed E-state index contributed by atoms with van der Waals surface area (Å²) in [5.41, 5.74) is 2.25. The van der Waals surface area contributed by atoms with E-state index in [2.05, 4.69) is 4.74 Å². The fraction of sp³-hybridized carbons (Fsp3) is 0.417. The predicted molar refractivity (Wildman–Crippen MR) is 57.8 cm³/mol. The highest BCUT2D eigenvalue weighted by atomic mass is 16.5. The summed E-state index contributed by atoms with van der Waals surface area (Å²) in [7, 11) is 1.35. The Morgan fingerprint density at radius 3 is 2.73 bits per heavy atom. The van der Waals surface area contributed by atoms with E-state index in [0.717, 1.165) is 11.1 Å². The fourth-order valence-corrected chi connectivity index (χ4v) is 1.46. The van der Waals surface area contributed by atoms with E-state index in [-0.39, 0.29) is 5.97 Å². The third-order valence-electron chi connectivity index (χ3n) is 2.45. The number of carbonyl (C=O) groups excluding carboxylic acids is 1. The molecule has 0 amide bonds. The Balaban J connectivity index is 3.10. The molecule has 1 atom stereocenters. The molecule has 0 aliphatic rings. The SMILES string of the molecule is CCC(O)c1cc(C(=O)OC)ccc1C. The Kier molecular flexibility index (Phi) is 3.86. The lowest BCUT2D eigenvalue weighted by atomic mass is 9.99. The Morgan fingerprint density at radius 2 is 2.20 bits per heavy atom. The van der Waals surface area contributed by atoms with Crippen LogP contribution in [0.1, 0.15) is 40.9 Å². The second-order valence-corrected chi connectivity index (χ2v) is 3.49. The average molecular weight is 208 g/mol. The van der Waals surface area contributed by atoms with E-state index in [4.69, 9.17) is 0 Å². The third-order valence-corrected chi connectivity index (χ3v) is 2.45. The summed E-state index contributed by atoms with van der Waals surface area (Å²) in [6.07, 6.45) is 0.112. The highest BCUT2D eigenvalue weighted by Gasteiger charge is 2.12. The molecule has 0 bridgehead atoms. The standard InChI is InChI=1S/C12H16O3/c1-4-11(13)10-7-9(12(14)15-3)6-5-8(10)2/h5-7,11,13H,4H2,1-3H3. The van der Waals surface area contributed by atoms with Crippen molar-refractivity contribution in [1.29, 1.82) is 0 Å². The molecule has 0 aromatic heterocycles. The largest absolute Gasteiger partial charge is 0.465 e. The van der Waals surface area contributed by atoms with Crippen molar-refractivity contribution < 1.29 is 14.6 Å². The van der Waals surface area contributed by atoms with Crippen LogP contribution in [0, 0.1) is 6.92 Å². The number of benzene rings is 1. The van der Waals surface area contributed by atoms with Gasteiger partial charge >= 0.3 is 5.97 Å². The Bertz CT molecular complexity index is 358. The predicted octanol–water partition coefficient (Wildman–Crippen LogP) is 2.23. The second-order valence-electron chi connectivity index (χ2n) is 3.49. The van der Waals surface area contributed by atoms with E-state index in [1.54, 1.807) is 12.1 Å². The van der Waals surface area contributed by atoms with Crippen molar-refractivity contribution in [3.8, 4) is 0 Å². The summed E-state index contributed by atoms with van der Waals surface area (Å²) in [6.45, 7) is 3.81. The zero-order valence-electron chi connectivity index (χ0n) is 9.28. The maximum Gasteiger partial charge on any atom is 0.337 e. The fourth-order valence-electron chi connectivity index (χ4n) is 1.46. The monoisotopic (exact) mass is 208 g/mol. The molecule has 0 aliphatic heterocycles. The average Bonchev–Trinajstić information content (AvgIpc) is 2.27. The zero-order chi connectivity index (χ0) is 11.4. The van der Waals surface area contributed by atoms with Gasteiger partial charge in [-0.25, -0.2) is 4.79 Å². The Hall–Kier alpha value is -1.35. The Morgan fingerprint density at radius 1 is 1.53 bits per heavy atom. The molecular formula is C12H16O3. The van der Waals surface area contributed by atoms with Crippen LogP contribution in [0.4, 0.5) is 0 Å². The number of hydrogen-bond acceptors (Lipinski definition) is 3. The second kappa shape index (κ2) is 4.94. The molecule has 0 heterocycles. The molecule has 3 heteroatoms. The van der Waals surface area contributed by atoms with Crippen molar-refractivity contribution >= 4 is 5.97 Å². The van der Waals surface area contributed by atoms with E-state index >= 15 is 0 Å². The first kappa shape index (κ1) is 11.7. The van der Waals surface area contributed by atoms with Gasteiger partial charge in [0.2, 0.25) is 0 Å². The van der Waals surface area contributed by atoms with Crippen LogP contribution in [0.2, 0.25) is 0 Å². The number of carbonyl (C=O) groups is 1. The third kappa shape index (κ3) is 2.57. The van der Waals surface area contributed by atoms with Gasteiger partial charge in [-0.15, -0.1) is 0 Å². The summed E-state index contributed by atoms with van der Waals surface area (Å²) in [5.74, 6) is -0.375. The molecule has 0 radical (unpaired) electrons. The van der Waals surface area contributed by atoms with Gasteiger partial charge in [0, 0.05) is 0 Å². The first-order valence-corrected chi connectivity index (χ1v) is 4.97. The normalized spacial score (nSPS) is 12.3. The minimum absolute atomic E-state index is 0.375. The van der Waals surface area contributed by atoms with Crippen LogP contribution < -0.4 is 0 Å². The maximum absolute atomic E-state index is 11.3. The molecule has 1 aromatic carbocycles. The number of hydrogen-bond donors (Lipinski definition) is 1. The van der Waals surface area contributed by atoms with Crippen LogP contribution in [-0.4, -0.2) is 18.2 Å². The molecular weight excluding hydrogens is 192 g/mol. The van der Waals surface area contributed by atoms with Crippen LogP contribution in [-0.2, 0) is 4.74 Å². The molecule has 1 rings (SSSR count). The molecule has 3 nitrogen and oxygen atoms in total. The van der Waals surface area contributed by atoms with E-state index in [9.17, 15) is 9.90 Å². The number of aliphatic hydroxyl groups is 1. The van der Waals surface area contributed by atoms with Crippen LogP contribution >= 0.6 is 0 Å². The maximum atomic E-state index is 11.3. The highest BCUT2D eigenvalue weighted by Crippen LogP contribution is 2.21. The zero-order valence-corrected chi connectivity index (χ0v) is 9.28. The number of rotatable bonds is 3. The molecule has 1 unspecified atom stereocenters. The van der Waals surface area contributed by atoms with Crippen molar-refractivity contribution in [3.05, 3.63) is 34.9 Å². The van der Waals surface area contributed by atoms with Gasteiger partial charge in [-0.2, -0.15) is 0 Å². The van der Waals surface area contributed by atoms with E-state index in [1.165, 1.54) is 7.11 Å². The van der Waals surface area contributed by atoms with E-state index < -0.39 is 6.10 Å². The smallest absolute Gasteiger partial charge is 0.337 e. The molecule has 0 saturated carbocycles. The van der Waals surface area contributed by atoms with Gasteiger partial charge in [0.25, 0.3) is 0 Å². The number of ether oxygens (including phenoxy) is 1. The summed E-state index contributed by atoms with van der Waals surface area (Å²) < 4.78 is 4.62. The van der Waals surface area contributed by atoms with Crippen LogP contribution in [0.25, 0.3) is 0 Å². The van der Waals surface area contributed by atoms with E-state index in [1.807, 2.05) is 19.9 Å². The molecule has 82 valence electrons. The number of aryl methyl sites for hydroxylation is 1. The summed E-state index contributed by atoms with van der Waals surface area (Å²) in [4.78, 5) is 11.3. The summed E-state index contributed by atoms with van der Waals surface area (Å²) in [6, 6.07) is 5.21. The van der Waals surface area contributed by atoms with Crippen molar-refractivity contribution in [2.45, 2.75) is 26.4 Å². The molecule has 1 aromatic rings. The first-order chi connectivity index (χ1) is 7.10. The van der Waals surface area contributed by atoms with Crippen molar-refractivity contribution in [2.24, 2.45) is 0 Å². The van der Waals surface area contributed by atoms with Gasteiger partial charge < -0.3 is 9.84 Å². The lowest BCUT2D eigenvalue weighted by Crippen LogP contribution is -2.05. The molecule has 0 aliphatic carbocycles. The summed E-state index contributed by atoms with van der Waals surface area (Å²) in [5, 5.41) is 9.74. The van der Waals surface area contributed by atoms with E-state index in [0.29, 0.717) is 12.0 Å². The topological polar surface area (TPSA) is 46.5 Å². The quantitative estimate of drug-likeness (QED) is 0.775. The number of aliphatic hydroxyl groups excluding tert-OH is 1. The van der Waals surface area contributed by atoms with Crippen LogP contribution in [0.15, 0.2) is 18.2 Å². The van der Waals surface area contributed by atoms with Crippen LogP contribution in [0.3, 0.4) is 0 Å². The van der Waals surface area contributed by atoms with Gasteiger partial charge in [0.05, 0.1) is 18.8 Å².